The van der Waals surface area contributed by atoms with E-state index in [0.29, 0.717) is 31.4 Å². The zero-order valence-electron chi connectivity index (χ0n) is 33.5. The molecular weight excluding hydrogens is 635 g/mol. The van der Waals surface area contributed by atoms with Crippen LogP contribution in [-0.4, -0.2) is 49.2 Å². The van der Waals surface area contributed by atoms with Gasteiger partial charge in [-0.3, -0.25) is 9.59 Å². The van der Waals surface area contributed by atoms with Gasteiger partial charge < -0.3 is 25.8 Å². The van der Waals surface area contributed by atoms with E-state index >= 15 is 0 Å². The smallest absolute Gasteiger partial charge is 0.239 e. The highest BCUT2D eigenvalue weighted by Gasteiger charge is 2.24. The van der Waals surface area contributed by atoms with Crippen LogP contribution in [0.25, 0.3) is 0 Å². The van der Waals surface area contributed by atoms with E-state index in [1.165, 1.54) is 80.1 Å². The average molecular weight is 708 g/mol. The number of unbranched alkanes of at least 4 members (excludes halogenated alkanes) is 2. The summed E-state index contributed by atoms with van der Waals surface area (Å²) in [6.07, 6.45) is 17.1. The first kappa shape index (κ1) is 45.7. The number of amides is 2. The number of phenols is 1. The van der Waals surface area contributed by atoms with Gasteiger partial charge in [-0.05, 0) is 87.5 Å². The Kier molecular flexibility index (Phi) is 25.3. The van der Waals surface area contributed by atoms with E-state index in [-0.39, 0.29) is 18.4 Å². The van der Waals surface area contributed by atoms with Gasteiger partial charge in [-0.1, -0.05) is 128 Å². The number of aromatic hydroxyl groups is 1. The number of phenolic OH excluding ortho intramolecular Hbond substituents is 1. The molecule has 7 nitrogen and oxygen atoms in total. The summed E-state index contributed by atoms with van der Waals surface area (Å²) in [5, 5.41) is 18.1. The molecule has 0 heterocycles. The van der Waals surface area contributed by atoms with Crippen molar-refractivity contribution >= 4 is 11.8 Å². The first-order chi connectivity index (χ1) is 24.6. The molecule has 0 aromatic heterocycles. The fourth-order valence-corrected chi connectivity index (χ4v) is 5.91. The lowest BCUT2D eigenvalue weighted by Crippen LogP contribution is -2.40. The van der Waals surface area contributed by atoms with Gasteiger partial charge >= 0.3 is 0 Å². The van der Waals surface area contributed by atoms with Gasteiger partial charge in [0.1, 0.15) is 18.1 Å². The molecule has 1 aliphatic rings. The second-order valence-electron chi connectivity index (χ2n) is 14.2. The molecule has 4 N–H and O–H groups in total. The predicted octanol–water partition coefficient (Wildman–Crippen LogP) is 9.63. The number of nitrogens with one attached hydrogen (secondary N) is 3. The fourth-order valence-electron chi connectivity index (χ4n) is 5.91. The molecule has 2 aromatic rings. The van der Waals surface area contributed by atoms with Crippen molar-refractivity contribution < 1.29 is 19.4 Å². The first-order valence-electron chi connectivity index (χ1n) is 20.0. The van der Waals surface area contributed by atoms with Crippen LogP contribution in [0.5, 0.6) is 11.5 Å². The average Bonchev–Trinajstić information content (AvgIpc) is 3.14. The topological polar surface area (TPSA) is 99.7 Å². The number of ether oxygens (including phenoxy) is 1. The number of carbonyl (C=O) groups excluding carboxylic acids is 2. The number of para-hydroxylation sites is 1. The van der Waals surface area contributed by atoms with Crippen LogP contribution in [0.2, 0.25) is 0 Å². The van der Waals surface area contributed by atoms with E-state index in [1.54, 1.807) is 19.1 Å². The maximum atomic E-state index is 11.9. The summed E-state index contributed by atoms with van der Waals surface area (Å²) in [7, 11) is 0. The largest absolute Gasteiger partial charge is 0.508 e. The van der Waals surface area contributed by atoms with Crippen LogP contribution in [0.1, 0.15) is 136 Å². The molecule has 3 rings (SSSR count). The summed E-state index contributed by atoms with van der Waals surface area (Å²) in [5.41, 5.74) is 5.09. The van der Waals surface area contributed by atoms with Crippen molar-refractivity contribution in [1.82, 2.24) is 16.0 Å². The van der Waals surface area contributed by atoms with Crippen LogP contribution in [0.4, 0.5) is 0 Å². The molecular formula is C44H73N3O4. The Balaban J connectivity index is 0.000000835. The Morgan fingerprint density at radius 1 is 0.902 bits per heavy atom. The van der Waals surface area contributed by atoms with E-state index in [1.807, 2.05) is 19.1 Å². The number of carbonyl (C=O) groups is 2. The van der Waals surface area contributed by atoms with Crippen LogP contribution >= 0.6 is 0 Å². The molecule has 1 aliphatic carbocycles. The summed E-state index contributed by atoms with van der Waals surface area (Å²) in [4.78, 5) is 23.3. The molecule has 1 unspecified atom stereocenters. The maximum Gasteiger partial charge on any atom is 0.239 e. The lowest BCUT2D eigenvalue weighted by atomic mass is 9.81. The van der Waals surface area contributed by atoms with E-state index in [9.17, 15) is 9.59 Å². The van der Waals surface area contributed by atoms with Gasteiger partial charge in [0.25, 0.3) is 0 Å². The summed E-state index contributed by atoms with van der Waals surface area (Å²) < 4.78 is 6.41. The highest BCUT2D eigenvalue weighted by molar-refractivity contribution is 5.84. The van der Waals surface area contributed by atoms with E-state index in [4.69, 9.17) is 9.84 Å². The molecule has 0 radical (unpaired) electrons. The van der Waals surface area contributed by atoms with Gasteiger partial charge in [0.15, 0.2) is 0 Å². The molecule has 288 valence electrons. The van der Waals surface area contributed by atoms with E-state index < -0.39 is 0 Å². The minimum atomic E-state index is -0.150. The van der Waals surface area contributed by atoms with Crippen LogP contribution in [0, 0.1) is 18.8 Å². The third-order valence-corrected chi connectivity index (χ3v) is 9.47. The van der Waals surface area contributed by atoms with Gasteiger partial charge in [0, 0.05) is 25.6 Å². The summed E-state index contributed by atoms with van der Waals surface area (Å²) in [6.45, 7) is 19.2. The number of benzene rings is 2. The molecule has 51 heavy (non-hydrogen) atoms. The molecule has 2 amide bonds. The van der Waals surface area contributed by atoms with E-state index in [0.717, 1.165) is 43.4 Å². The Bertz CT molecular complexity index is 1210. The first-order valence-corrected chi connectivity index (χ1v) is 20.0. The van der Waals surface area contributed by atoms with Gasteiger partial charge in [0.05, 0.1) is 6.54 Å². The molecule has 1 fully saturated rings. The van der Waals surface area contributed by atoms with Crippen molar-refractivity contribution in [2.75, 3.05) is 26.2 Å². The minimum Gasteiger partial charge on any atom is -0.508 e. The Morgan fingerprint density at radius 3 is 2.16 bits per heavy atom. The zero-order valence-corrected chi connectivity index (χ0v) is 33.5. The predicted molar refractivity (Wildman–Crippen MR) is 216 cm³/mol. The van der Waals surface area contributed by atoms with Crippen LogP contribution in [-0.2, 0) is 22.4 Å². The molecule has 0 aliphatic heterocycles. The fraction of sp³-hybridized carbons (Fsp3) is 0.636. The molecule has 0 spiro atoms. The standard InChI is InChI=1S/C32H53N3O3.C7H8O.C5H12/c1-5-8-10-15-25(4)31(27-16-11-9-12-17-27)34-22-23-38-32-26(6-2)18-13-19-28(32)20-14-21-33-30(37)24-35-29(36)7-3;1-6-2-4-7(8)5-3-6;1-4-5(2)3/h13,15,18-19,27,31,34H,5-12,14,16-17,20-24H2,1-4H3,(H,33,37)(H,35,36);2-5,8H,1H3;5H,4H2,1-3H3/b25-15+;;. The third kappa shape index (κ3) is 21.0. The number of rotatable bonds is 19. The number of hydrogen-bond donors (Lipinski definition) is 4. The molecule has 1 saturated carbocycles. The molecule has 0 bridgehead atoms. The number of allylic oxidation sites excluding steroid dienone is 1. The highest BCUT2D eigenvalue weighted by Crippen LogP contribution is 2.30. The number of hydrogen-bond acceptors (Lipinski definition) is 5. The van der Waals surface area contributed by atoms with Crippen molar-refractivity contribution in [3.63, 3.8) is 0 Å². The van der Waals surface area contributed by atoms with Gasteiger partial charge in [-0.15, -0.1) is 0 Å². The molecule has 0 saturated heterocycles. The molecule has 2 aromatic carbocycles. The van der Waals surface area contributed by atoms with E-state index in [2.05, 4.69) is 81.8 Å². The van der Waals surface area contributed by atoms with Crippen molar-refractivity contribution in [2.24, 2.45) is 11.8 Å². The Labute approximate surface area is 311 Å². The second kappa shape index (κ2) is 28.3. The van der Waals surface area contributed by atoms with Crippen molar-refractivity contribution in [1.29, 1.82) is 0 Å². The summed E-state index contributed by atoms with van der Waals surface area (Å²) in [6, 6.07) is 13.9. The Morgan fingerprint density at radius 2 is 1.57 bits per heavy atom. The van der Waals surface area contributed by atoms with Crippen LogP contribution in [0.3, 0.4) is 0 Å². The van der Waals surface area contributed by atoms with Crippen molar-refractivity contribution in [3.05, 3.63) is 70.8 Å². The Hall–Kier alpha value is -3.32. The third-order valence-electron chi connectivity index (χ3n) is 9.47. The maximum absolute atomic E-state index is 11.9. The normalized spacial score (nSPS) is 13.7. The summed E-state index contributed by atoms with van der Waals surface area (Å²) >= 11 is 0. The monoisotopic (exact) mass is 708 g/mol. The van der Waals surface area contributed by atoms with Crippen LogP contribution < -0.4 is 20.7 Å². The minimum absolute atomic E-state index is 0.0362. The molecule has 1 atom stereocenters. The van der Waals surface area contributed by atoms with Gasteiger partial charge in [-0.2, -0.15) is 0 Å². The number of aryl methyl sites for hydroxylation is 3. The van der Waals surface area contributed by atoms with Gasteiger partial charge in [-0.25, -0.2) is 0 Å². The van der Waals surface area contributed by atoms with Gasteiger partial charge in [0.2, 0.25) is 11.8 Å². The summed E-state index contributed by atoms with van der Waals surface area (Å²) in [5.74, 6) is 2.68. The quantitative estimate of drug-likeness (QED) is 0.0861. The lowest BCUT2D eigenvalue weighted by Gasteiger charge is -2.32. The van der Waals surface area contributed by atoms with Crippen LogP contribution in [0.15, 0.2) is 54.1 Å². The second-order valence-corrected chi connectivity index (χ2v) is 14.2. The van der Waals surface area contributed by atoms with Crippen molar-refractivity contribution in [3.8, 4) is 11.5 Å². The SMILES string of the molecule is CCC(C)C.CCCC/C=C(\C)C(NCCOc1c(CC)cccc1CCCNC(=O)CNC(=O)CC)C1CCCCC1.Cc1ccc(O)cc1. The molecule has 7 heteroatoms. The van der Waals surface area contributed by atoms with Crippen molar-refractivity contribution in [2.45, 2.75) is 145 Å². The highest BCUT2D eigenvalue weighted by atomic mass is 16.5. The lowest BCUT2D eigenvalue weighted by molar-refractivity contribution is -0.125. The zero-order chi connectivity index (χ0) is 37.9.